The Hall–Kier alpha value is -0.980. The maximum absolute atomic E-state index is 12.6. The molecule has 0 aliphatic carbocycles. The van der Waals surface area contributed by atoms with E-state index in [-0.39, 0.29) is 0 Å². The first-order valence-electron chi connectivity index (χ1n) is 4.55. The fourth-order valence-corrected chi connectivity index (χ4v) is 0.830. The van der Waals surface area contributed by atoms with E-state index in [1.807, 2.05) is 0 Å². The molecule has 0 saturated carbocycles. The summed E-state index contributed by atoms with van der Waals surface area (Å²) >= 11 is 7.40. The van der Waals surface area contributed by atoms with Gasteiger partial charge in [-0.05, 0) is 23.2 Å². The Labute approximate surface area is 128 Å². The van der Waals surface area contributed by atoms with Crippen LogP contribution in [0.4, 0.5) is 52.7 Å². The molecule has 0 saturated heterocycles. The Kier molecular flexibility index (Phi) is 6.22. The van der Waals surface area contributed by atoms with Gasteiger partial charge in [0, 0.05) is 0 Å². The van der Waals surface area contributed by atoms with Crippen LogP contribution in [0.5, 0.6) is 0 Å². The largest absolute Gasteiger partial charge is 0.400 e. The van der Waals surface area contributed by atoms with Gasteiger partial charge in [0.15, 0.2) is 0 Å². The van der Waals surface area contributed by atoms with Crippen molar-refractivity contribution in [1.29, 1.82) is 0 Å². The van der Waals surface area contributed by atoms with Crippen LogP contribution in [0.3, 0.4) is 0 Å². The summed E-state index contributed by atoms with van der Waals surface area (Å²) in [6, 6.07) is -7.37. The van der Waals surface area contributed by atoms with Crippen molar-refractivity contribution >= 4 is 23.2 Å². The average molecular weight is 411 g/mol. The van der Waals surface area contributed by atoms with Crippen molar-refractivity contribution in [3.05, 3.63) is 23.7 Å². The lowest BCUT2D eigenvalue weighted by molar-refractivity contribution is -0.150. The summed E-state index contributed by atoms with van der Waals surface area (Å²) in [6.07, 6.45) is 0. The Bertz CT molecular complexity index is 468. The highest BCUT2D eigenvalue weighted by Gasteiger charge is 2.62. The first-order chi connectivity index (χ1) is 9.87. The summed E-state index contributed by atoms with van der Waals surface area (Å²) in [5.41, 5.74) is 0. The molecule has 0 aromatic heterocycles. The van der Waals surface area contributed by atoms with E-state index in [1.54, 1.807) is 0 Å². The quantitative estimate of drug-likeness (QED) is 0.290. The van der Waals surface area contributed by atoms with E-state index in [1.165, 1.54) is 0 Å². The molecule has 0 aliphatic rings. The second-order valence-corrected chi connectivity index (χ2v) is 4.37. The number of rotatable bonds is 6. The summed E-state index contributed by atoms with van der Waals surface area (Å²) in [5, 5.41) is -11.6. The van der Waals surface area contributed by atoms with E-state index in [2.05, 4.69) is 27.9 Å². The van der Waals surface area contributed by atoms with E-state index < -0.39 is 46.3 Å². The normalized spacial score (nSPS) is 16.8. The number of hydrogen-bond donors (Lipinski definition) is 0. The number of ether oxygens (including phenoxy) is 1. The van der Waals surface area contributed by atoms with Crippen molar-refractivity contribution in [3.63, 3.8) is 0 Å². The van der Waals surface area contributed by atoms with Gasteiger partial charge in [0.25, 0.3) is 0 Å². The Balaban J connectivity index is 5.74. The van der Waals surface area contributed by atoms with Gasteiger partial charge in [0.1, 0.15) is 0 Å². The topological polar surface area (TPSA) is 9.23 Å². The molecule has 0 rings (SSSR count). The molecule has 0 atom stereocenters. The van der Waals surface area contributed by atoms with Crippen LogP contribution in [0.25, 0.3) is 0 Å². The van der Waals surface area contributed by atoms with Crippen LogP contribution in [-0.2, 0) is 4.74 Å². The molecule has 0 fully saturated rings. The summed E-state index contributed by atoms with van der Waals surface area (Å²) in [7, 11) is 0. The third-order valence-corrected chi connectivity index (χ3v) is 2.26. The number of allylic oxidation sites excluding steroid dienone is 2. The molecular weight excluding hydrogens is 411 g/mol. The van der Waals surface area contributed by atoms with E-state index >= 15 is 0 Å². The van der Waals surface area contributed by atoms with Gasteiger partial charge in [-0.1, -0.05) is 0 Å². The second kappa shape index (κ2) is 6.49. The van der Waals surface area contributed by atoms with Gasteiger partial charge < -0.3 is 4.74 Å². The van der Waals surface area contributed by atoms with E-state index in [4.69, 9.17) is 0 Å². The van der Waals surface area contributed by atoms with Gasteiger partial charge in [0.05, 0.1) is 0 Å². The molecule has 0 aromatic rings. The Morgan fingerprint density at radius 1 is 0.565 bits per heavy atom. The highest BCUT2D eigenvalue weighted by Crippen LogP contribution is 2.47. The molecule has 0 aliphatic heterocycles. The average Bonchev–Trinajstić information content (AvgIpc) is 2.33. The molecule has 0 unspecified atom stereocenters. The molecule has 0 N–H and O–H groups in total. The number of alkyl halides is 10. The predicted molar refractivity (Wildman–Crippen MR) is 51.1 cm³/mol. The van der Waals surface area contributed by atoms with E-state index in [9.17, 15) is 52.7 Å². The van der Waals surface area contributed by atoms with Crippen molar-refractivity contribution < 1.29 is 57.4 Å². The van der Waals surface area contributed by atoms with Gasteiger partial charge in [0.2, 0.25) is 11.7 Å². The lowest BCUT2D eigenvalue weighted by Crippen LogP contribution is -2.37. The van der Waals surface area contributed by atoms with Crippen LogP contribution >= 0.6 is 23.2 Å². The molecule has 15 heteroatoms. The van der Waals surface area contributed by atoms with E-state index in [0.29, 0.717) is 0 Å². The minimum Gasteiger partial charge on any atom is -0.400 e. The smallest absolute Gasteiger partial charge is 0.391 e. The monoisotopic (exact) mass is 410 g/mol. The van der Waals surface area contributed by atoms with Gasteiger partial charge in [-0.25, -0.2) is 0 Å². The molecule has 0 bridgehead atoms. The van der Waals surface area contributed by atoms with Crippen LogP contribution in [-0.4, -0.2) is 22.6 Å². The van der Waals surface area contributed by atoms with Crippen molar-refractivity contribution in [2.45, 2.75) is 22.6 Å². The van der Waals surface area contributed by atoms with Crippen molar-refractivity contribution in [3.8, 4) is 0 Å². The molecular formula is C8Cl2F12O. The minimum absolute atomic E-state index is 2.47. The van der Waals surface area contributed by atoms with Crippen LogP contribution in [0, 0.1) is 0 Å². The summed E-state index contributed by atoms with van der Waals surface area (Å²) in [6.45, 7) is 0. The zero-order valence-corrected chi connectivity index (χ0v) is 11.2. The van der Waals surface area contributed by atoms with Gasteiger partial charge in [-0.2, -0.15) is 52.7 Å². The minimum atomic E-state index is -6.17. The number of hydrogen-bond acceptors (Lipinski definition) is 1. The first-order valence-corrected chi connectivity index (χ1v) is 5.31. The van der Waals surface area contributed by atoms with Crippen LogP contribution in [0.1, 0.15) is 0 Å². The maximum atomic E-state index is 12.6. The SMILES string of the molecule is FC(OC(F)=C(F)C(F)(F)C(F)(F)Cl)=C(F)C(F)(F)C(F)(F)Cl. The van der Waals surface area contributed by atoms with Gasteiger partial charge >= 0.3 is 34.6 Å². The third kappa shape index (κ3) is 4.52. The second-order valence-electron chi connectivity index (χ2n) is 3.42. The van der Waals surface area contributed by atoms with Crippen LogP contribution < -0.4 is 0 Å². The van der Waals surface area contributed by atoms with Crippen molar-refractivity contribution in [2.75, 3.05) is 0 Å². The standard InChI is InChI=1S/C8Cl2F12O/c9-7(19,20)5(15,16)1(11)3(13)23-4(14)2(12)6(17,18)8(10,21)22. The van der Waals surface area contributed by atoms with Gasteiger partial charge in [-0.15, -0.1) is 0 Å². The van der Waals surface area contributed by atoms with Crippen molar-refractivity contribution in [2.24, 2.45) is 0 Å². The molecule has 0 radical (unpaired) electrons. The molecule has 23 heavy (non-hydrogen) atoms. The highest BCUT2D eigenvalue weighted by molar-refractivity contribution is 6.22. The third-order valence-electron chi connectivity index (χ3n) is 1.79. The van der Waals surface area contributed by atoms with Gasteiger partial charge in [-0.3, -0.25) is 0 Å². The molecule has 0 heterocycles. The number of halogens is 14. The lowest BCUT2D eigenvalue weighted by atomic mass is 10.3. The predicted octanol–water partition coefficient (Wildman–Crippen LogP) is 6.15. The highest BCUT2D eigenvalue weighted by atomic mass is 35.5. The molecule has 0 amide bonds. The zero-order valence-electron chi connectivity index (χ0n) is 9.70. The fourth-order valence-electron chi connectivity index (χ4n) is 0.664. The Morgan fingerprint density at radius 2 is 0.783 bits per heavy atom. The summed E-state index contributed by atoms with van der Waals surface area (Å²) in [5.74, 6) is -20.2. The van der Waals surface area contributed by atoms with Crippen LogP contribution in [0.2, 0.25) is 0 Å². The molecule has 0 spiro atoms. The summed E-state index contributed by atoms with van der Waals surface area (Å²) in [4.78, 5) is 0. The maximum Gasteiger partial charge on any atom is 0.391 e. The molecule has 0 aromatic carbocycles. The molecule has 1 nitrogen and oxygen atoms in total. The summed E-state index contributed by atoms with van der Waals surface area (Å²) < 4.78 is 151. The Morgan fingerprint density at radius 3 is 0.957 bits per heavy atom. The fraction of sp³-hybridized carbons (Fsp3) is 0.500. The van der Waals surface area contributed by atoms with Crippen LogP contribution in [0.15, 0.2) is 23.7 Å². The van der Waals surface area contributed by atoms with E-state index in [0.717, 1.165) is 0 Å². The lowest BCUT2D eigenvalue weighted by Gasteiger charge is -2.20. The first kappa shape index (κ1) is 22.0. The zero-order chi connectivity index (χ0) is 19.0. The molecule has 136 valence electrons. The van der Waals surface area contributed by atoms with Crippen molar-refractivity contribution in [1.82, 2.24) is 0 Å².